The summed E-state index contributed by atoms with van der Waals surface area (Å²) >= 11 is 1.78. The third-order valence-corrected chi connectivity index (χ3v) is 8.47. The lowest BCUT2D eigenvalue weighted by Gasteiger charge is -2.34. The summed E-state index contributed by atoms with van der Waals surface area (Å²) in [6.45, 7) is 11.5. The summed E-state index contributed by atoms with van der Waals surface area (Å²) in [6, 6.07) is 3.69. The molecule has 3 aromatic heterocycles. The molecule has 0 saturated carbocycles. The van der Waals surface area contributed by atoms with E-state index in [1.54, 1.807) is 35.9 Å². The molecule has 2 aliphatic rings. The zero-order valence-electron chi connectivity index (χ0n) is 20.4. The maximum absolute atomic E-state index is 12.6. The van der Waals surface area contributed by atoms with Gasteiger partial charge in [-0.15, -0.1) is 11.3 Å². The Bertz CT molecular complexity index is 1150. The van der Waals surface area contributed by atoms with Gasteiger partial charge in [-0.3, -0.25) is 14.7 Å². The van der Waals surface area contributed by atoms with Gasteiger partial charge < -0.3 is 10.2 Å². The summed E-state index contributed by atoms with van der Waals surface area (Å²) in [5, 5.41) is 4.40. The smallest absolute Gasteiger partial charge is 0.251 e. The molecule has 5 rings (SSSR count). The van der Waals surface area contributed by atoms with Gasteiger partial charge in [-0.05, 0) is 76.2 Å². The maximum Gasteiger partial charge on any atom is 0.251 e. The lowest BCUT2D eigenvalue weighted by Crippen LogP contribution is -2.45. The molecule has 2 fully saturated rings. The van der Waals surface area contributed by atoms with E-state index in [9.17, 15) is 4.79 Å². The molecule has 0 aliphatic carbocycles. The van der Waals surface area contributed by atoms with E-state index in [1.165, 1.54) is 28.7 Å². The Labute approximate surface area is 205 Å². The summed E-state index contributed by atoms with van der Waals surface area (Å²) < 4.78 is 0. The molecule has 0 unspecified atom stereocenters. The predicted octanol–water partition coefficient (Wildman–Crippen LogP) is 4.33. The van der Waals surface area contributed by atoms with E-state index in [0.29, 0.717) is 5.56 Å². The largest absolute Gasteiger partial charge is 0.356 e. The molecular formula is C26H34N6OS. The number of fused-ring (bicyclic) bond motifs is 1. The summed E-state index contributed by atoms with van der Waals surface area (Å²) in [6.07, 6.45) is 7.64. The summed E-state index contributed by atoms with van der Waals surface area (Å²) in [4.78, 5) is 34.0. The van der Waals surface area contributed by atoms with Crippen molar-refractivity contribution in [2.75, 3.05) is 31.1 Å². The number of hydrogen-bond donors (Lipinski definition) is 1. The highest BCUT2D eigenvalue weighted by molar-refractivity contribution is 7.18. The topological polar surface area (TPSA) is 74.2 Å². The van der Waals surface area contributed by atoms with Gasteiger partial charge in [-0.25, -0.2) is 9.97 Å². The van der Waals surface area contributed by atoms with Gasteiger partial charge >= 0.3 is 0 Å². The molecule has 0 bridgehead atoms. The molecule has 3 aromatic rings. The van der Waals surface area contributed by atoms with Crippen molar-refractivity contribution in [3.8, 4) is 0 Å². The van der Waals surface area contributed by atoms with Gasteiger partial charge in [-0.1, -0.05) is 6.92 Å². The molecule has 2 aliphatic heterocycles. The van der Waals surface area contributed by atoms with Crippen LogP contribution in [0.3, 0.4) is 0 Å². The van der Waals surface area contributed by atoms with Crippen LogP contribution in [0.15, 0.2) is 24.5 Å². The molecule has 0 aromatic carbocycles. The van der Waals surface area contributed by atoms with E-state index in [1.807, 2.05) is 0 Å². The van der Waals surface area contributed by atoms with Gasteiger partial charge in [0.2, 0.25) is 0 Å². The number of piperidine rings is 2. The van der Waals surface area contributed by atoms with Crippen LogP contribution >= 0.6 is 11.3 Å². The second kappa shape index (κ2) is 9.96. The van der Waals surface area contributed by atoms with Gasteiger partial charge in [0.05, 0.1) is 11.9 Å². The van der Waals surface area contributed by atoms with Crippen molar-refractivity contribution in [2.24, 2.45) is 5.92 Å². The number of pyridine rings is 1. The minimum absolute atomic E-state index is 0.0206. The molecule has 0 radical (unpaired) electrons. The molecule has 34 heavy (non-hydrogen) atoms. The van der Waals surface area contributed by atoms with Crippen molar-refractivity contribution in [2.45, 2.75) is 59.0 Å². The molecule has 7 nitrogen and oxygen atoms in total. The highest BCUT2D eigenvalue weighted by Crippen LogP contribution is 2.36. The van der Waals surface area contributed by atoms with Crippen molar-refractivity contribution >= 4 is 33.3 Å². The Morgan fingerprint density at radius 2 is 1.76 bits per heavy atom. The third kappa shape index (κ3) is 4.93. The van der Waals surface area contributed by atoms with Gasteiger partial charge in [0.25, 0.3) is 5.91 Å². The number of carbonyl (C=O) groups is 1. The lowest BCUT2D eigenvalue weighted by atomic mass is 9.99. The predicted molar refractivity (Wildman–Crippen MR) is 138 cm³/mol. The van der Waals surface area contributed by atoms with Crippen molar-refractivity contribution < 1.29 is 4.79 Å². The Morgan fingerprint density at radius 3 is 2.47 bits per heavy atom. The number of carbonyl (C=O) groups excluding carboxylic acids is 1. The van der Waals surface area contributed by atoms with Gasteiger partial charge in [0, 0.05) is 42.0 Å². The van der Waals surface area contributed by atoms with Crippen molar-refractivity contribution in [3.05, 3.63) is 46.4 Å². The molecular weight excluding hydrogens is 444 g/mol. The number of aromatic nitrogens is 3. The van der Waals surface area contributed by atoms with Crippen molar-refractivity contribution in [1.82, 2.24) is 25.2 Å². The zero-order chi connectivity index (χ0) is 23.7. The number of likely N-dealkylation sites (tertiary alicyclic amines) is 1. The number of amides is 1. The van der Waals surface area contributed by atoms with Crippen molar-refractivity contribution in [3.63, 3.8) is 0 Å². The molecule has 1 amide bonds. The highest BCUT2D eigenvalue weighted by Gasteiger charge is 2.26. The minimum atomic E-state index is -0.0206. The summed E-state index contributed by atoms with van der Waals surface area (Å²) in [5.41, 5.74) is 1.96. The number of hydrogen-bond acceptors (Lipinski definition) is 7. The third-order valence-electron chi connectivity index (χ3n) is 7.37. The first kappa shape index (κ1) is 23.2. The van der Waals surface area contributed by atoms with Crippen LogP contribution in [-0.4, -0.2) is 58.0 Å². The normalized spacial score (nSPS) is 18.5. The first-order chi connectivity index (χ1) is 16.5. The van der Waals surface area contributed by atoms with Crippen LogP contribution in [0.1, 0.15) is 59.2 Å². The first-order valence-corrected chi connectivity index (χ1v) is 13.2. The molecule has 0 atom stereocenters. The lowest BCUT2D eigenvalue weighted by molar-refractivity contribution is 0.0931. The quantitative estimate of drug-likeness (QED) is 0.588. The average molecular weight is 479 g/mol. The van der Waals surface area contributed by atoms with Crippen LogP contribution < -0.4 is 10.2 Å². The molecule has 0 spiro atoms. The molecule has 8 heteroatoms. The molecule has 5 heterocycles. The zero-order valence-corrected chi connectivity index (χ0v) is 21.2. The van der Waals surface area contributed by atoms with E-state index in [2.05, 4.69) is 40.9 Å². The van der Waals surface area contributed by atoms with E-state index >= 15 is 0 Å². The fraction of sp³-hybridized carbons (Fsp3) is 0.538. The van der Waals surface area contributed by atoms with Crippen LogP contribution in [-0.2, 0) is 6.54 Å². The Hall–Kier alpha value is -2.58. The fourth-order valence-electron chi connectivity index (χ4n) is 5.00. The molecule has 1 N–H and O–H groups in total. The number of nitrogens with zero attached hydrogens (tertiary/aromatic N) is 5. The second-order valence-corrected chi connectivity index (χ2v) is 11.1. The number of anilines is 1. The van der Waals surface area contributed by atoms with E-state index in [4.69, 9.17) is 9.97 Å². The van der Waals surface area contributed by atoms with E-state index in [0.717, 1.165) is 68.0 Å². The maximum atomic E-state index is 12.6. The molecule has 180 valence electrons. The monoisotopic (exact) mass is 478 g/mol. The van der Waals surface area contributed by atoms with Crippen LogP contribution in [0.4, 0.5) is 5.82 Å². The van der Waals surface area contributed by atoms with Crippen LogP contribution in [0.2, 0.25) is 0 Å². The number of nitrogens with one attached hydrogen (secondary N) is 1. The standard InChI is InChI=1S/C26H34N6OS/c1-17-6-12-31(13-7-17)16-22-29-24(23-18(2)19(3)34-26(23)30-22)32-14-8-21(9-15-32)28-25(33)20-4-10-27-11-5-20/h4-5,10-11,17,21H,6-9,12-16H2,1-3H3,(H,28,33). The van der Waals surface area contributed by atoms with Gasteiger partial charge in [-0.2, -0.15) is 0 Å². The second-order valence-electron chi connectivity index (χ2n) is 9.86. The van der Waals surface area contributed by atoms with Gasteiger partial charge in [0.1, 0.15) is 16.5 Å². The summed E-state index contributed by atoms with van der Waals surface area (Å²) in [5.74, 6) is 2.81. The first-order valence-electron chi connectivity index (χ1n) is 12.4. The van der Waals surface area contributed by atoms with Crippen LogP contribution in [0, 0.1) is 19.8 Å². The highest BCUT2D eigenvalue weighted by atomic mass is 32.1. The van der Waals surface area contributed by atoms with Crippen LogP contribution in [0.5, 0.6) is 0 Å². The van der Waals surface area contributed by atoms with E-state index < -0.39 is 0 Å². The number of aryl methyl sites for hydroxylation is 2. The SMILES string of the molecule is Cc1sc2nc(CN3CCC(C)CC3)nc(N3CCC(NC(=O)c4ccncc4)CC3)c2c1C. The minimum Gasteiger partial charge on any atom is -0.356 e. The fourth-order valence-corrected chi connectivity index (χ4v) is 6.04. The van der Waals surface area contributed by atoms with E-state index in [-0.39, 0.29) is 11.9 Å². The molecule has 2 saturated heterocycles. The van der Waals surface area contributed by atoms with Gasteiger partial charge in [0.15, 0.2) is 0 Å². The Morgan fingerprint density at radius 1 is 1.06 bits per heavy atom. The van der Waals surface area contributed by atoms with Crippen LogP contribution in [0.25, 0.3) is 10.2 Å². The number of rotatable bonds is 5. The van der Waals surface area contributed by atoms with Crippen molar-refractivity contribution in [1.29, 1.82) is 0 Å². The Kier molecular flexibility index (Phi) is 6.79. The Balaban J connectivity index is 1.32. The summed E-state index contributed by atoms with van der Waals surface area (Å²) in [7, 11) is 0. The average Bonchev–Trinajstić information content (AvgIpc) is 3.14. The number of thiophene rings is 1.